The number of nitrogens with zero attached hydrogens (tertiary/aromatic N) is 2. The minimum absolute atomic E-state index is 0.706. The SMILES string of the molecule is CCCCCCCCOc1cnc(-c2ccc(OCCCC)cc2)nc1. The zero-order chi connectivity index (χ0) is 18.5. The predicted molar refractivity (Wildman–Crippen MR) is 107 cm³/mol. The van der Waals surface area contributed by atoms with Crippen LogP contribution in [-0.4, -0.2) is 23.2 Å². The van der Waals surface area contributed by atoms with E-state index in [0.29, 0.717) is 5.82 Å². The molecule has 0 aliphatic carbocycles. The molecule has 0 radical (unpaired) electrons. The summed E-state index contributed by atoms with van der Waals surface area (Å²) in [7, 11) is 0. The van der Waals surface area contributed by atoms with Gasteiger partial charge in [-0.05, 0) is 37.1 Å². The largest absolute Gasteiger partial charge is 0.494 e. The van der Waals surface area contributed by atoms with E-state index in [1.165, 1.54) is 32.1 Å². The Bertz CT molecular complexity index is 597. The van der Waals surface area contributed by atoms with Crippen molar-refractivity contribution in [1.29, 1.82) is 0 Å². The number of ether oxygens (including phenoxy) is 2. The third kappa shape index (κ3) is 7.42. The molecule has 0 amide bonds. The second kappa shape index (κ2) is 12.3. The molecule has 0 N–H and O–H groups in total. The fourth-order valence-electron chi connectivity index (χ4n) is 2.65. The van der Waals surface area contributed by atoms with Crippen LogP contribution in [0.1, 0.15) is 65.2 Å². The highest BCUT2D eigenvalue weighted by Gasteiger charge is 2.03. The Kier molecular flexibility index (Phi) is 9.55. The Labute approximate surface area is 158 Å². The Morgan fingerprint density at radius 2 is 1.23 bits per heavy atom. The van der Waals surface area contributed by atoms with E-state index >= 15 is 0 Å². The van der Waals surface area contributed by atoms with Crippen molar-refractivity contribution in [2.75, 3.05) is 13.2 Å². The number of hydrogen-bond donors (Lipinski definition) is 0. The van der Waals surface area contributed by atoms with E-state index in [4.69, 9.17) is 9.47 Å². The first kappa shape index (κ1) is 20.2. The second-order valence-electron chi connectivity index (χ2n) is 6.58. The molecule has 2 aromatic rings. The number of unbranched alkanes of at least 4 members (excludes halogenated alkanes) is 6. The molecule has 0 bridgehead atoms. The van der Waals surface area contributed by atoms with Crippen molar-refractivity contribution in [3.63, 3.8) is 0 Å². The first-order valence-electron chi connectivity index (χ1n) is 10.0. The van der Waals surface area contributed by atoms with Crippen molar-refractivity contribution < 1.29 is 9.47 Å². The quantitative estimate of drug-likeness (QED) is 0.409. The molecule has 1 heterocycles. The van der Waals surface area contributed by atoms with E-state index in [0.717, 1.165) is 49.5 Å². The second-order valence-corrected chi connectivity index (χ2v) is 6.58. The van der Waals surface area contributed by atoms with E-state index < -0.39 is 0 Å². The van der Waals surface area contributed by atoms with Gasteiger partial charge in [0.1, 0.15) is 5.75 Å². The fourth-order valence-corrected chi connectivity index (χ4v) is 2.65. The molecule has 26 heavy (non-hydrogen) atoms. The topological polar surface area (TPSA) is 44.2 Å². The van der Waals surface area contributed by atoms with Gasteiger partial charge in [-0.15, -0.1) is 0 Å². The molecule has 0 saturated carbocycles. The van der Waals surface area contributed by atoms with Gasteiger partial charge in [-0.1, -0.05) is 52.4 Å². The predicted octanol–water partition coefficient (Wildman–Crippen LogP) is 6.06. The average Bonchev–Trinajstić information content (AvgIpc) is 2.69. The Hall–Kier alpha value is -2.10. The molecule has 1 aromatic heterocycles. The molecule has 0 spiro atoms. The van der Waals surface area contributed by atoms with E-state index in [1.54, 1.807) is 12.4 Å². The Morgan fingerprint density at radius 1 is 0.654 bits per heavy atom. The number of rotatable bonds is 13. The summed E-state index contributed by atoms with van der Waals surface area (Å²) in [4.78, 5) is 8.83. The van der Waals surface area contributed by atoms with Gasteiger partial charge in [-0.25, -0.2) is 9.97 Å². The normalized spacial score (nSPS) is 10.7. The molecule has 4 nitrogen and oxygen atoms in total. The minimum Gasteiger partial charge on any atom is -0.494 e. The van der Waals surface area contributed by atoms with Gasteiger partial charge in [0.15, 0.2) is 11.6 Å². The van der Waals surface area contributed by atoms with Crippen LogP contribution in [-0.2, 0) is 0 Å². The molecular weight excluding hydrogens is 324 g/mol. The first-order valence-corrected chi connectivity index (χ1v) is 10.0. The molecule has 0 aliphatic rings. The van der Waals surface area contributed by atoms with Crippen LogP contribution in [0.4, 0.5) is 0 Å². The summed E-state index contributed by atoms with van der Waals surface area (Å²) in [6.45, 7) is 5.89. The highest BCUT2D eigenvalue weighted by Crippen LogP contribution is 2.20. The maximum absolute atomic E-state index is 5.73. The van der Waals surface area contributed by atoms with Crippen LogP contribution < -0.4 is 9.47 Å². The highest BCUT2D eigenvalue weighted by molar-refractivity contribution is 5.56. The summed E-state index contributed by atoms with van der Waals surface area (Å²) in [6.07, 6.45) is 13.3. The van der Waals surface area contributed by atoms with Crippen molar-refractivity contribution in [2.45, 2.75) is 65.2 Å². The van der Waals surface area contributed by atoms with Gasteiger partial charge in [-0.3, -0.25) is 0 Å². The van der Waals surface area contributed by atoms with Crippen LogP contribution in [0.2, 0.25) is 0 Å². The lowest BCUT2D eigenvalue weighted by Crippen LogP contribution is -1.99. The van der Waals surface area contributed by atoms with Gasteiger partial charge in [0, 0.05) is 5.56 Å². The molecule has 0 fully saturated rings. The van der Waals surface area contributed by atoms with Gasteiger partial charge in [0.05, 0.1) is 25.6 Å². The van der Waals surface area contributed by atoms with Crippen molar-refractivity contribution in [1.82, 2.24) is 9.97 Å². The summed E-state index contributed by atoms with van der Waals surface area (Å²) >= 11 is 0. The van der Waals surface area contributed by atoms with E-state index in [1.807, 2.05) is 24.3 Å². The molecule has 0 saturated heterocycles. The molecule has 4 heteroatoms. The monoisotopic (exact) mass is 356 g/mol. The van der Waals surface area contributed by atoms with Gasteiger partial charge < -0.3 is 9.47 Å². The summed E-state index contributed by atoms with van der Waals surface area (Å²) < 4.78 is 11.4. The molecule has 142 valence electrons. The van der Waals surface area contributed by atoms with Crippen molar-refractivity contribution >= 4 is 0 Å². The smallest absolute Gasteiger partial charge is 0.159 e. The van der Waals surface area contributed by atoms with Crippen LogP contribution in [0.3, 0.4) is 0 Å². The molecule has 1 aromatic carbocycles. The van der Waals surface area contributed by atoms with Crippen molar-refractivity contribution in [2.24, 2.45) is 0 Å². The standard InChI is InChI=1S/C22H32N2O2/c1-3-5-7-8-9-10-16-26-21-17-23-22(24-18-21)19-11-13-20(14-12-19)25-15-6-4-2/h11-14,17-18H,3-10,15-16H2,1-2H3. The lowest BCUT2D eigenvalue weighted by Gasteiger charge is -2.07. The van der Waals surface area contributed by atoms with Gasteiger partial charge >= 0.3 is 0 Å². The van der Waals surface area contributed by atoms with Crippen LogP contribution in [0.5, 0.6) is 11.5 Å². The number of benzene rings is 1. The average molecular weight is 357 g/mol. The van der Waals surface area contributed by atoms with E-state index in [-0.39, 0.29) is 0 Å². The molecular formula is C22H32N2O2. The van der Waals surface area contributed by atoms with Gasteiger partial charge in [-0.2, -0.15) is 0 Å². The highest BCUT2D eigenvalue weighted by atomic mass is 16.5. The van der Waals surface area contributed by atoms with Crippen molar-refractivity contribution in [3.8, 4) is 22.9 Å². The number of hydrogen-bond acceptors (Lipinski definition) is 4. The third-order valence-electron chi connectivity index (χ3n) is 4.27. The maximum Gasteiger partial charge on any atom is 0.159 e. The van der Waals surface area contributed by atoms with E-state index in [9.17, 15) is 0 Å². The maximum atomic E-state index is 5.73. The zero-order valence-corrected chi connectivity index (χ0v) is 16.2. The Morgan fingerprint density at radius 3 is 1.92 bits per heavy atom. The van der Waals surface area contributed by atoms with Gasteiger partial charge in [0.2, 0.25) is 0 Å². The summed E-state index contributed by atoms with van der Waals surface area (Å²) in [5.74, 6) is 2.33. The van der Waals surface area contributed by atoms with Gasteiger partial charge in [0.25, 0.3) is 0 Å². The number of aromatic nitrogens is 2. The van der Waals surface area contributed by atoms with Crippen molar-refractivity contribution in [3.05, 3.63) is 36.7 Å². The van der Waals surface area contributed by atoms with E-state index in [2.05, 4.69) is 23.8 Å². The molecule has 0 unspecified atom stereocenters. The summed E-state index contributed by atoms with van der Waals surface area (Å²) in [5, 5.41) is 0. The Balaban J connectivity index is 1.74. The lowest BCUT2D eigenvalue weighted by molar-refractivity contribution is 0.302. The van der Waals surface area contributed by atoms with Crippen LogP contribution >= 0.6 is 0 Å². The lowest BCUT2D eigenvalue weighted by atomic mass is 10.1. The summed E-state index contributed by atoms with van der Waals surface area (Å²) in [5.41, 5.74) is 0.982. The van der Waals surface area contributed by atoms with Crippen LogP contribution in [0.25, 0.3) is 11.4 Å². The summed E-state index contributed by atoms with van der Waals surface area (Å²) in [6, 6.07) is 7.93. The zero-order valence-electron chi connectivity index (χ0n) is 16.2. The van der Waals surface area contributed by atoms with Crippen LogP contribution in [0, 0.1) is 0 Å². The molecule has 2 rings (SSSR count). The molecule has 0 atom stereocenters. The molecule has 0 aliphatic heterocycles. The first-order chi connectivity index (χ1) is 12.8. The third-order valence-corrected chi connectivity index (χ3v) is 4.27. The fraction of sp³-hybridized carbons (Fsp3) is 0.545. The van der Waals surface area contributed by atoms with Crippen LogP contribution in [0.15, 0.2) is 36.7 Å². The minimum atomic E-state index is 0.706.